The van der Waals surface area contributed by atoms with Gasteiger partial charge in [-0.3, -0.25) is 19.3 Å². The van der Waals surface area contributed by atoms with E-state index in [1.807, 2.05) is 13.8 Å². The fraction of sp³-hybridized carbons (Fsp3) is 0.526. The summed E-state index contributed by atoms with van der Waals surface area (Å²) in [6.07, 6.45) is 0. The van der Waals surface area contributed by atoms with Crippen molar-refractivity contribution in [2.24, 2.45) is 0 Å². The van der Waals surface area contributed by atoms with Crippen LogP contribution in [-0.2, 0) is 14.4 Å². The van der Waals surface area contributed by atoms with Gasteiger partial charge in [0.05, 0.1) is 12.6 Å². The molecule has 0 heterocycles. The summed E-state index contributed by atoms with van der Waals surface area (Å²) in [5, 5.41) is 11.9. The summed E-state index contributed by atoms with van der Waals surface area (Å²) in [5.41, 5.74) is 0.794. The van der Waals surface area contributed by atoms with Crippen molar-refractivity contribution in [1.82, 2.24) is 15.1 Å². The smallest absolute Gasteiger partial charge is 0.320 e. The lowest BCUT2D eigenvalue weighted by Crippen LogP contribution is -2.49. The molecule has 1 aromatic carbocycles. The van der Waals surface area contributed by atoms with E-state index < -0.39 is 12.0 Å². The minimum absolute atomic E-state index is 0.0908. The second-order valence-corrected chi connectivity index (χ2v) is 6.37. The summed E-state index contributed by atoms with van der Waals surface area (Å²) < 4.78 is 13.1. The molecular weight excluding hydrogens is 353 g/mol. The Morgan fingerprint density at radius 1 is 1.19 bits per heavy atom. The quantitative estimate of drug-likeness (QED) is 0.643. The summed E-state index contributed by atoms with van der Waals surface area (Å²) in [6, 6.07) is 4.80. The van der Waals surface area contributed by atoms with Gasteiger partial charge in [-0.2, -0.15) is 0 Å². The number of nitrogens with one attached hydrogen (secondary N) is 1. The van der Waals surface area contributed by atoms with Gasteiger partial charge >= 0.3 is 5.97 Å². The number of hydrogen-bond acceptors (Lipinski definition) is 4. The first-order valence-electron chi connectivity index (χ1n) is 8.93. The van der Waals surface area contributed by atoms with Crippen molar-refractivity contribution in [3.63, 3.8) is 0 Å². The molecule has 8 heteroatoms. The molecule has 2 unspecified atom stereocenters. The second kappa shape index (κ2) is 10.6. The summed E-state index contributed by atoms with van der Waals surface area (Å²) in [6.45, 7) is 7.38. The third kappa shape index (κ3) is 6.97. The molecular formula is C19H28FN3O4. The minimum atomic E-state index is -1.04. The van der Waals surface area contributed by atoms with Crippen LogP contribution >= 0.6 is 0 Å². The lowest BCUT2D eigenvalue weighted by Gasteiger charge is -2.32. The highest BCUT2D eigenvalue weighted by atomic mass is 19.1. The van der Waals surface area contributed by atoms with Gasteiger partial charge in [-0.1, -0.05) is 12.1 Å². The zero-order chi connectivity index (χ0) is 20.6. The molecule has 0 saturated carbocycles. The van der Waals surface area contributed by atoms with E-state index in [9.17, 15) is 23.9 Å². The molecule has 27 heavy (non-hydrogen) atoms. The summed E-state index contributed by atoms with van der Waals surface area (Å²) >= 11 is 0. The molecule has 0 fully saturated rings. The SMILES string of the molecule is CCN(C(=O)CN(CCNC(C)=O)C(C)C(=O)O)C(C)c1ccc(F)cc1. The number of rotatable bonds is 10. The van der Waals surface area contributed by atoms with E-state index in [0.29, 0.717) is 6.54 Å². The predicted molar refractivity (Wildman–Crippen MR) is 99.6 cm³/mol. The number of carbonyl (C=O) groups is 3. The number of carboxylic acids is 1. The molecule has 0 aliphatic carbocycles. The lowest BCUT2D eigenvalue weighted by atomic mass is 10.1. The maximum atomic E-state index is 13.1. The van der Waals surface area contributed by atoms with Crippen LogP contribution in [0.4, 0.5) is 4.39 Å². The van der Waals surface area contributed by atoms with Gasteiger partial charge in [0, 0.05) is 26.6 Å². The number of hydrogen-bond donors (Lipinski definition) is 2. The molecule has 0 spiro atoms. The number of carbonyl (C=O) groups excluding carboxylic acids is 2. The molecule has 150 valence electrons. The molecule has 0 aliphatic rings. The number of halogens is 1. The van der Waals surface area contributed by atoms with Crippen LogP contribution in [0.5, 0.6) is 0 Å². The fourth-order valence-corrected chi connectivity index (χ4v) is 2.79. The predicted octanol–water partition coefficient (Wildman–Crippen LogP) is 1.65. The van der Waals surface area contributed by atoms with Crippen LogP contribution < -0.4 is 5.32 Å². The van der Waals surface area contributed by atoms with E-state index in [1.165, 1.54) is 30.9 Å². The number of aliphatic carboxylic acids is 1. The number of benzene rings is 1. The molecule has 7 nitrogen and oxygen atoms in total. The molecule has 0 radical (unpaired) electrons. The van der Waals surface area contributed by atoms with Crippen LogP contribution in [0.25, 0.3) is 0 Å². The maximum Gasteiger partial charge on any atom is 0.320 e. The molecule has 2 atom stereocenters. The average Bonchev–Trinajstić information content (AvgIpc) is 2.60. The summed E-state index contributed by atoms with van der Waals surface area (Å²) in [4.78, 5) is 38.3. The molecule has 2 N–H and O–H groups in total. The normalized spacial score (nSPS) is 13.1. The molecule has 1 rings (SSSR count). The van der Waals surface area contributed by atoms with Crippen molar-refractivity contribution in [2.75, 3.05) is 26.2 Å². The second-order valence-electron chi connectivity index (χ2n) is 6.37. The van der Waals surface area contributed by atoms with Crippen LogP contribution in [0.15, 0.2) is 24.3 Å². The Morgan fingerprint density at radius 3 is 2.26 bits per heavy atom. The first-order valence-corrected chi connectivity index (χ1v) is 8.93. The standard InChI is InChI=1S/C19H28FN3O4/c1-5-23(13(2)16-6-8-17(20)9-7-16)18(25)12-22(14(3)19(26)27)11-10-21-15(4)24/h6-9,13-14H,5,10-12H2,1-4H3,(H,21,24)(H,26,27). The molecule has 0 bridgehead atoms. The van der Waals surface area contributed by atoms with Crippen LogP contribution in [0, 0.1) is 5.82 Å². The van der Waals surface area contributed by atoms with Gasteiger partial charge in [0.2, 0.25) is 11.8 Å². The van der Waals surface area contributed by atoms with Crippen LogP contribution in [0.2, 0.25) is 0 Å². The Bertz CT molecular complexity index is 651. The third-order valence-corrected chi connectivity index (χ3v) is 4.50. The van der Waals surface area contributed by atoms with E-state index in [1.54, 1.807) is 17.0 Å². The molecule has 0 saturated heterocycles. The first-order chi connectivity index (χ1) is 12.7. The maximum absolute atomic E-state index is 13.1. The number of likely N-dealkylation sites (N-methyl/N-ethyl adjacent to an activating group) is 1. The van der Waals surface area contributed by atoms with Crippen LogP contribution in [0.1, 0.15) is 39.3 Å². The van der Waals surface area contributed by atoms with Crippen LogP contribution in [0.3, 0.4) is 0 Å². The summed E-state index contributed by atoms with van der Waals surface area (Å²) in [7, 11) is 0. The highest BCUT2D eigenvalue weighted by Gasteiger charge is 2.27. The topological polar surface area (TPSA) is 90.0 Å². The monoisotopic (exact) mass is 381 g/mol. The third-order valence-electron chi connectivity index (χ3n) is 4.50. The highest BCUT2D eigenvalue weighted by molar-refractivity contribution is 5.80. The molecule has 0 aromatic heterocycles. The minimum Gasteiger partial charge on any atom is -0.480 e. The van der Waals surface area contributed by atoms with E-state index >= 15 is 0 Å². The van der Waals surface area contributed by atoms with Gasteiger partial charge in [0.1, 0.15) is 11.9 Å². The summed E-state index contributed by atoms with van der Waals surface area (Å²) in [5.74, 6) is -1.84. The van der Waals surface area contributed by atoms with Crippen molar-refractivity contribution >= 4 is 17.8 Å². The fourth-order valence-electron chi connectivity index (χ4n) is 2.79. The van der Waals surface area contributed by atoms with Gasteiger partial charge in [0.15, 0.2) is 0 Å². The van der Waals surface area contributed by atoms with Gasteiger partial charge in [-0.15, -0.1) is 0 Å². The molecule has 0 aliphatic heterocycles. The zero-order valence-electron chi connectivity index (χ0n) is 16.2. The zero-order valence-corrected chi connectivity index (χ0v) is 16.2. The first kappa shape index (κ1) is 22.6. The Labute approximate surface area is 159 Å². The van der Waals surface area contributed by atoms with Crippen molar-refractivity contribution in [3.05, 3.63) is 35.6 Å². The number of amides is 2. The average molecular weight is 381 g/mol. The van der Waals surface area contributed by atoms with E-state index in [4.69, 9.17) is 0 Å². The van der Waals surface area contributed by atoms with Crippen molar-refractivity contribution in [2.45, 2.75) is 39.8 Å². The van der Waals surface area contributed by atoms with E-state index in [2.05, 4.69) is 5.32 Å². The van der Waals surface area contributed by atoms with Gasteiger partial charge in [-0.05, 0) is 38.5 Å². The van der Waals surface area contributed by atoms with Gasteiger partial charge < -0.3 is 15.3 Å². The molecule has 2 amide bonds. The highest BCUT2D eigenvalue weighted by Crippen LogP contribution is 2.21. The van der Waals surface area contributed by atoms with E-state index in [0.717, 1.165) is 5.56 Å². The van der Waals surface area contributed by atoms with Crippen molar-refractivity contribution in [3.8, 4) is 0 Å². The van der Waals surface area contributed by atoms with Gasteiger partial charge in [0.25, 0.3) is 0 Å². The molecule has 1 aromatic rings. The Hall–Kier alpha value is -2.48. The van der Waals surface area contributed by atoms with Gasteiger partial charge in [-0.25, -0.2) is 4.39 Å². The lowest BCUT2D eigenvalue weighted by molar-refractivity contribution is -0.144. The Kier molecular flexibility index (Phi) is 8.87. The largest absolute Gasteiger partial charge is 0.480 e. The van der Waals surface area contributed by atoms with Crippen molar-refractivity contribution in [1.29, 1.82) is 0 Å². The Morgan fingerprint density at radius 2 is 1.78 bits per heavy atom. The Balaban J connectivity index is 2.87. The number of nitrogens with zero attached hydrogens (tertiary/aromatic N) is 2. The van der Waals surface area contributed by atoms with Crippen molar-refractivity contribution < 1.29 is 23.9 Å². The number of carboxylic acid groups (broad SMARTS) is 1. The van der Waals surface area contributed by atoms with E-state index in [-0.39, 0.29) is 43.3 Å². The van der Waals surface area contributed by atoms with Crippen LogP contribution in [-0.4, -0.2) is 64.9 Å².